The number of amidine groups is 1. The van der Waals surface area contributed by atoms with Crippen molar-refractivity contribution in [1.29, 1.82) is 0 Å². The number of aliphatic imine (C=N–C) groups is 1. The topological polar surface area (TPSA) is 32.7 Å². The van der Waals surface area contributed by atoms with E-state index in [1.54, 1.807) is 4.90 Å². The van der Waals surface area contributed by atoms with Crippen LogP contribution in [0.5, 0.6) is 0 Å². The lowest BCUT2D eigenvalue weighted by Gasteiger charge is -2.15. The third-order valence-electron chi connectivity index (χ3n) is 3.99. The lowest BCUT2D eigenvalue weighted by atomic mass is 10.2. The minimum atomic E-state index is -0.0551. The number of anilines is 1. The van der Waals surface area contributed by atoms with Crippen LogP contribution in [0.15, 0.2) is 94.8 Å². The van der Waals surface area contributed by atoms with Gasteiger partial charge in [0.25, 0.3) is 5.91 Å². The van der Waals surface area contributed by atoms with Crippen molar-refractivity contribution in [2.75, 3.05) is 4.90 Å². The number of halogens is 1. The fourth-order valence-electron chi connectivity index (χ4n) is 2.70. The maximum Gasteiger partial charge on any atom is 0.271 e. The second-order valence-electron chi connectivity index (χ2n) is 5.84. The van der Waals surface area contributed by atoms with E-state index in [-0.39, 0.29) is 5.91 Å². The summed E-state index contributed by atoms with van der Waals surface area (Å²) in [6.07, 6.45) is 1.94. The predicted octanol–water partition coefficient (Wildman–Crippen LogP) is 6.10. The van der Waals surface area contributed by atoms with Gasteiger partial charge in [-0.1, -0.05) is 54.6 Å². The summed E-state index contributed by atoms with van der Waals surface area (Å²) in [5.41, 5.74) is 2.67. The molecule has 3 nitrogen and oxygen atoms in total. The van der Waals surface area contributed by atoms with E-state index in [2.05, 4.69) is 22.6 Å². The number of benzene rings is 3. The second kappa shape index (κ2) is 8.10. The molecule has 1 heterocycles. The van der Waals surface area contributed by atoms with E-state index in [1.807, 2.05) is 91.0 Å². The standard InChI is InChI=1S/C22H15IN2OS/c23-19-14-8-7-9-16(19)15-20-21(26)25(18-12-5-2-6-13-18)22(27-20)24-17-10-3-1-4-11-17/h1-15H. The molecule has 0 spiro atoms. The summed E-state index contributed by atoms with van der Waals surface area (Å²) in [6.45, 7) is 0. The molecule has 1 fully saturated rings. The Hall–Kier alpha value is -2.38. The van der Waals surface area contributed by atoms with E-state index in [0.717, 1.165) is 20.5 Å². The molecule has 3 aromatic carbocycles. The van der Waals surface area contributed by atoms with Crippen LogP contribution in [0.25, 0.3) is 6.08 Å². The van der Waals surface area contributed by atoms with Crippen LogP contribution in [0.4, 0.5) is 11.4 Å². The molecular formula is C22H15IN2OS. The molecule has 0 radical (unpaired) electrons. The molecule has 0 bridgehead atoms. The summed E-state index contributed by atoms with van der Waals surface area (Å²) in [5, 5.41) is 0.662. The van der Waals surface area contributed by atoms with Gasteiger partial charge in [-0.2, -0.15) is 0 Å². The molecule has 0 unspecified atom stereocenters. The second-order valence-corrected chi connectivity index (χ2v) is 8.01. The van der Waals surface area contributed by atoms with E-state index in [0.29, 0.717) is 10.1 Å². The van der Waals surface area contributed by atoms with Crippen LogP contribution >= 0.6 is 34.4 Å². The molecule has 0 saturated carbocycles. The van der Waals surface area contributed by atoms with Gasteiger partial charge in [0.1, 0.15) is 0 Å². The van der Waals surface area contributed by atoms with Crippen molar-refractivity contribution in [3.8, 4) is 0 Å². The Balaban J connectivity index is 1.79. The maximum atomic E-state index is 13.2. The largest absolute Gasteiger partial charge is 0.271 e. The molecule has 3 aromatic rings. The quantitative estimate of drug-likeness (QED) is 0.334. The summed E-state index contributed by atoms with van der Waals surface area (Å²) in [4.78, 5) is 20.2. The minimum absolute atomic E-state index is 0.0551. The smallest absolute Gasteiger partial charge is 0.268 e. The number of hydrogen-bond donors (Lipinski definition) is 0. The highest BCUT2D eigenvalue weighted by Crippen LogP contribution is 2.37. The molecule has 132 valence electrons. The van der Waals surface area contributed by atoms with Gasteiger partial charge in [0.15, 0.2) is 5.17 Å². The van der Waals surface area contributed by atoms with Crippen LogP contribution in [0, 0.1) is 3.57 Å². The molecule has 0 aromatic heterocycles. The number of rotatable bonds is 3. The van der Waals surface area contributed by atoms with Crippen molar-refractivity contribution in [2.45, 2.75) is 0 Å². The van der Waals surface area contributed by atoms with E-state index in [9.17, 15) is 4.79 Å². The minimum Gasteiger partial charge on any atom is -0.268 e. The first kappa shape index (κ1) is 18.0. The van der Waals surface area contributed by atoms with Crippen LogP contribution in [-0.4, -0.2) is 11.1 Å². The number of amides is 1. The Morgan fingerprint density at radius 1 is 0.852 bits per heavy atom. The van der Waals surface area contributed by atoms with Crippen LogP contribution in [-0.2, 0) is 4.79 Å². The van der Waals surface area contributed by atoms with Gasteiger partial charge < -0.3 is 0 Å². The molecular weight excluding hydrogens is 467 g/mol. The Bertz CT molecular complexity index is 1030. The average molecular weight is 482 g/mol. The lowest BCUT2D eigenvalue weighted by Crippen LogP contribution is -2.28. The van der Waals surface area contributed by atoms with Crippen molar-refractivity contribution < 1.29 is 4.79 Å². The number of thioether (sulfide) groups is 1. The Labute approximate surface area is 176 Å². The van der Waals surface area contributed by atoms with Crippen LogP contribution in [0.2, 0.25) is 0 Å². The zero-order valence-corrected chi connectivity index (χ0v) is 17.2. The van der Waals surface area contributed by atoms with Gasteiger partial charge in [0, 0.05) is 3.57 Å². The van der Waals surface area contributed by atoms with Gasteiger partial charge in [-0.25, -0.2) is 4.99 Å². The zero-order chi connectivity index (χ0) is 18.6. The Morgan fingerprint density at radius 2 is 1.48 bits per heavy atom. The third kappa shape index (κ3) is 3.99. The molecule has 4 rings (SSSR count). The van der Waals surface area contributed by atoms with E-state index in [1.165, 1.54) is 11.8 Å². The third-order valence-corrected chi connectivity index (χ3v) is 5.94. The summed E-state index contributed by atoms with van der Waals surface area (Å²) in [5.74, 6) is -0.0551. The van der Waals surface area contributed by atoms with E-state index >= 15 is 0 Å². The average Bonchev–Trinajstić information content (AvgIpc) is 3.00. The number of carbonyl (C=O) groups excluding carboxylic acids is 1. The molecule has 1 aliphatic heterocycles. The van der Waals surface area contributed by atoms with Crippen LogP contribution in [0.1, 0.15) is 5.56 Å². The first-order chi connectivity index (χ1) is 13.2. The van der Waals surface area contributed by atoms with E-state index in [4.69, 9.17) is 4.99 Å². The first-order valence-electron chi connectivity index (χ1n) is 8.40. The highest BCUT2D eigenvalue weighted by atomic mass is 127. The molecule has 27 heavy (non-hydrogen) atoms. The van der Waals surface area contributed by atoms with Gasteiger partial charge in [-0.3, -0.25) is 9.69 Å². The Kier molecular flexibility index (Phi) is 5.40. The maximum absolute atomic E-state index is 13.2. The van der Waals surface area contributed by atoms with Gasteiger partial charge >= 0.3 is 0 Å². The number of para-hydroxylation sites is 2. The summed E-state index contributed by atoms with van der Waals surface area (Å²) < 4.78 is 1.11. The predicted molar refractivity (Wildman–Crippen MR) is 122 cm³/mol. The Morgan fingerprint density at radius 3 is 2.19 bits per heavy atom. The van der Waals surface area contributed by atoms with Crippen LogP contribution < -0.4 is 4.90 Å². The highest BCUT2D eigenvalue weighted by Gasteiger charge is 2.34. The van der Waals surface area contributed by atoms with Crippen molar-refractivity contribution in [3.05, 3.63) is 99.0 Å². The van der Waals surface area contributed by atoms with Gasteiger partial charge in [-0.15, -0.1) is 0 Å². The van der Waals surface area contributed by atoms with Crippen molar-refractivity contribution >= 4 is 62.9 Å². The van der Waals surface area contributed by atoms with Gasteiger partial charge in [0.2, 0.25) is 0 Å². The number of carbonyl (C=O) groups is 1. The van der Waals surface area contributed by atoms with Crippen molar-refractivity contribution in [1.82, 2.24) is 0 Å². The normalized spacial score (nSPS) is 17.1. The fourth-order valence-corrected chi connectivity index (χ4v) is 4.23. The zero-order valence-electron chi connectivity index (χ0n) is 14.2. The lowest BCUT2D eigenvalue weighted by molar-refractivity contribution is -0.113. The molecule has 1 aliphatic rings. The van der Waals surface area contributed by atoms with Crippen LogP contribution in [0.3, 0.4) is 0 Å². The van der Waals surface area contributed by atoms with E-state index < -0.39 is 0 Å². The first-order valence-corrected chi connectivity index (χ1v) is 10.3. The number of nitrogens with zero attached hydrogens (tertiary/aromatic N) is 2. The summed E-state index contributed by atoms with van der Waals surface area (Å²) in [6, 6.07) is 27.4. The molecule has 5 heteroatoms. The molecule has 1 amide bonds. The summed E-state index contributed by atoms with van der Waals surface area (Å²) >= 11 is 3.69. The van der Waals surface area contributed by atoms with Gasteiger partial charge in [0.05, 0.1) is 16.3 Å². The van der Waals surface area contributed by atoms with Crippen molar-refractivity contribution in [2.24, 2.45) is 4.99 Å². The molecule has 0 atom stereocenters. The highest BCUT2D eigenvalue weighted by molar-refractivity contribution is 14.1. The van der Waals surface area contributed by atoms with Crippen molar-refractivity contribution in [3.63, 3.8) is 0 Å². The number of hydrogen-bond acceptors (Lipinski definition) is 3. The van der Waals surface area contributed by atoms with Gasteiger partial charge in [-0.05, 0) is 76.3 Å². The monoisotopic (exact) mass is 482 g/mol. The summed E-state index contributed by atoms with van der Waals surface area (Å²) in [7, 11) is 0. The molecule has 1 saturated heterocycles. The SMILES string of the molecule is O=C1C(=Cc2ccccc2I)SC(=Nc2ccccc2)N1c1ccccc1. The molecule has 0 N–H and O–H groups in total. The fraction of sp³-hybridized carbons (Fsp3) is 0. The molecule has 0 aliphatic carbocycles.